The third kappa shape index (κ3) is 4.08. The van der Waals surface area contributed by atoms with Crippen LogP contribution in [0.3, 0.4) is 0 Å². The number of nitrogens with two attached hydrogens (primary N) is 1. The highest BCUT2D eigenvalue weighted by molar-refractivity contribution is 7.10. The van der Waals surface area contributed by atoms with Crippen LogP contribution in [0.4, 0.5) is 5.00 Å². The smallest absolute Gasteiger partial charge is 0.148 e. The van der Waals surface area contributed by atoms with Crippen molar-refractivity contribution in [1.29, 1.82) is 0 Å². The van der Waals surface area contributed by atoms with Gasteiger partial charge in [-0.15, -0.1) is 5.10 Å². The van der Waals surface area contributed by atoms with Crippen molar-refractivity contribution in [3.05, 3.63) is 5.69 Å². The van der Waals surface area contributed by atoms with Crippen LogP contribution in [0.25, 0.3) is 0 Å². The molecule has 0 unspecified atom stereocenters. The van der Waals surface area contributed by atoms with Crippen molar-refractivity contribution in [1.82, 2.24) is 19.4 Å². The van der Waals surface area contributed by atoms with E-state index in [4.69, 9.17) is 5.84 Å². The topological polar surface area (TPSA) is 70.3 Å². The summed E-state index contributed by atoms with van der Waals surface area (Å²) in [4.78, 5) is 4.34. The molecule has 15 heavy (non-hydrogen) atoms. The third-order valence-electron chi connectivity index (χ3n) is 2.04. The molecular formula is C8H18N6S. The van der Waals surface area contributed by atoms with E-state index < -0.39 is 0 Å². The lowest BCUT2D eigenvalue weighted by Crippen LogP contribution is -2.28. The SMILES string of the molecule is CN(C)CCN(C)Cc1nnsc1NN. The van der Waals surface area contributed by atoms with Crippen LogP contribution in [0, 0.1) is 0 Å². The largest absolute Gasteiger partial charge is 0.313 e. The van der Waals surface area contributed by atoms with Gasteiger partial charge in [-0.25, -0.2) is 5.84 Å². The summed E-state index contributed by atoms with van der Waals surface area (Å²) in [5, 5.41) is 4.86. The van der Waals surface area contributed by atoms with E-state index in [0.717, 1.165) is 30.3 Å². The average Bonchev–Trinajstić information content (AvgIpc) is 2.62. The summed E-state index contributed by atoms with van der Waals surface area (Å²) in [6.45, 7) is 2.79. The first-order valence-corrected chi connectivity index (χ1v) is 5.52. The first kappa shape index (κ1) is 12.3. The fourth-order valence-electron chi connectivity index (χ4n) is 1.13. The minimum atomic E-state index is 0.768. The summed E-state index contributed by atoms with van der Waals surface area (Å²) in [6.07, 6.45) is 0. The zero-order valence-electron chi connectivity index (χ0n) is 9.40. The van der Waals surface area contributed by atoms with Gasteiger partial charge in [0.15, 0.2) is 0 Å². The first-order valence-electron chi connectivity index (χ1n) is 4.74. The zero-order chi connectivity index (χ0) is 11.3. The van der Waals surface area contributed by atoms with Crippen LogP contribution in [0.15, 0.2) is 0 Å². The van der Waals surface area contributed by atoms with Crippen LogP contribution in [-0.2, 0) is 6.54 Å². The van der Waals surface area contributed by atoms with Crippen molar-refractivity contribution in [3.8, 4) is 0 Å². The number of hydrazine groups is 1. The summed E-state index contributed by atoms with van der Waals surface area (Å²) in [5.41, 5.74) is 3.51. The molecule has 0 radical (unpaired) electrons. The van der Waals surface area contributed by atoms with E-state index in [1.54, 1.807) is 0 Å². The number of nitrogen functional groups attached to an aromatic ring is 1. The highest BCUT2D eigenvalue weighted by atomic mass is 32.1. The van der Waals surface area contributed by atoms with Gasteiger partial charge in [0.2, 0.25) is 0 Å². The number of nitrogens with one attached hydrogen (secondary N) is 1. The lowest BCUT2D eigenvalue weighted by Gasteiger charge is -2.18. The van der Waals surface area contributed by atoms with Gasteiger partial charge >= 0.3 is 0 Å². The summed E-state index contributed by atoms with van der Waals surface area (Å²) in [6, 6.07) is 0. The molecule has 1 heterocycles. The molecule has 0 saturated heterocycles. The van der Waals surface area contributed by atoms with Crippen molar-refractivity contribution < 1.29 is 0 Å². The second-order valence-corrected chi connectivity index (χ2v) is 4.49. The minimum absolute atomic E-state index is 0.768. The Labute approximate surface area is 94.2 Å². The van der Waals surface area contributed by atoms with Gasteiger partial charge in [-0.3, -0.25) is 4.90 Å². The zero-order valence-corrected chi connectivity index (χ0v) is 10.2. The Morgan fingerprint density at radius 2 is 2.07 bits per heavy atom. The van der Waals surface area contributed by atoms with E-state index in [1.807, 2.05) is 0 Å². The number of hydrogen-bond donors (Lipinski definition) is 2. The molecule has 0 aliphatic carbocycles. The van der Waals surface area contributed by atoms with E-state index in [9.17, 15) is 0 Å². The van der Waals surface area contributed by atoms with Gasteiger partial charge in [0.05, 0.1) is 0 Å². The summed E-state index contributed by atoms with van der Waals surface area (Å²) >= 11 is 1.28. The van der Waals surface area contributed by atoms with E-state index in [2.05, 4.69) is 46.0 Å². The highest BCUT2D eigenvalue weighted by Gasteiger charge is 2.09. The number of likely N-dealkylation sites (N-methyl/N-ethyl adjacent to an activating group) is 2. The Hall–Kier alpha value is -0.760. The Balaban J connectivity index is 2.40. The molecule has 1 aromatic heterocycles. The minimum Gasteiger partial charge on any atom is -0.313 e. The lowest BCUT2D eigenvalue weighted by atomic mass is 10.4. The summed E-state index contributed by atoms with van der Waals surface area (Å²) < 4.78 is 3.85. The molecule has 0 aliphatic rings. The normalized spacial score (nSPS) is 11.3. The van der Waals surface area contributed by atoms with Gasteiger partial charge < -0.3 is 10.3 Å². The number of nitrogens with zero attached hydrogens (tertiary/aromatic N) is 4. The molecule has 86 valence electrons. The van der Waals surface area contributed by atoms with E-state index in [0.29, 0.717) is 0 Å². The molecule has 0 amide bonds. The van der Waals surface area contributed by atoms with Gasteiger partial charge in [-0.2, -0.15) is 0 Å². The second-order valence-electron chi connectivity index (χ2n) is 3.73. The maximum absolute atomic E-state index is 5.35. The van der Waals surface area contributed by atoms with Crippen molar-refractivity contribution >= 4 is 16.5 Å². The molecule has 0 saturated carbocycles. The van der Waals surface area contributed by atoms with Crippen molar-refractivity contribution in [2.24, 2.45) is 5.84 Å². The fraction of sp³-hybridized carbons (Fsp3) is 0.750. The summed E-state index contributed by atoms with van der Waals surface area (Å²) in [5.74, 6) is 5.35. The number of anilines is 1. The van der Waals surface area contributed by atoms with E-state index >= 15 is 0 Å². The van der Waals surface area contributed by atoms with Gasteiger partial charge in [-0.1, -0.05) is 4.49 Å². The Morgan fingerprint density at radius 1 is 1.33 bits per heavy atom. The maximum Gasteiger partial charge on any atom is 0.148 e. The molecule has 0 aliphatic heterocycles. The number of hydrogen-bond acceptors (Lipinski definition) is 7. The average molecular weight is 230 g/mol. The lowest BCUT2D eigenvalue weighted by molar-refractivity contribution is 0.274. The molecule has 6 nitrogen and oxygen atoms in total. The molecule has 0 aromatic carbocycles. The van der Waals surface area contributed by atoms with Crippen LogP contribution in [0.5, 0.6) is 0 Å². The Bertz CT molecular complexity index is 286. The van der Waals surface area contributed by atoms with Crippen LogP contribution in [-0.4, -0.2) is 53.6 Å². The van der Waals surface area contributed by atoms with Crippen molar-refractivity contribution in [2.75, 3.05) is 39.7 Å². The molecule has 3 N–H and O–H groups in total. The van der Waals surface area contributed by atoms with Gasteiger partial charge in [0, 0.05) is 31.2 Å². The van der Waals surface area contributed by atoms with E-state index in [-0.39, 0.29) is 0 Å². The molecule has 0 fully saturated rings. The first-order chi connectivity index (χ1) is 7.13. The van der Waals surface area contributed by atoms with Gasteiger partial charge in [-0.05, 0) is 21.1 Å². The standard InChI is InChI=1S/C8H18N6S/c1-13(2)4-5-14(3)6-7-8(10-9)15-12-11-7/h10H,4-6,9H2,1-3H3. The predicted molar refractivity (Wildman–Crippen MR) is 62.6 cm³/mol. The molecule has 0 bridgehead atoms. The molecular weight excluding hydrogens is 212 g/mol. The second kappa shape index (κ2) is 5.96. The summed E-state index contributed by atoms with van der Waals surface area (Å²) in [7, 11) is 6.18. The van der Waals surface area contributed by atoms with Gasteiger partial charge in [0.1, 0.15) is 10.7 Å². The fourth-order valence-corrected chi connectivity index (χ4v) is 1.61. The quantitative estimate of drug-likeness (QED) is 0.522. The Morgan fingerprint density at radius 3 is 2.67 bits per heavy atom. The van der Waals surface area contributed by atoms with E-state index in [1.165, 1.54) is 11.5 Å². The number of aromatic nitrogens is 2. The maximum atomic E-state index is 5.35. The van der Waals surface area contributed by atoms with Crippen molar-refractivity contribution in [3.63, 3.8) is 0 Å². The van der Waals surface area contributed by atoms with Crippen molar-refractivity contribution in [2.45, 2.75) is 6.54 Å². The van der Waals surface area contributed by atoms with Gasteiger partial charge in [0.25, 0.3) is 0 Å². The molecule has 0 spiro atoms. The molecule has 7 heteroatoms. The highest BCUT2D eigenvalue weighted by Crippen LogP contribution is 2.16. The predicted octanol–water partition coefficient (Wildman–Crippen LogP) is -0.183. The molecule has 1 aromatic rings. The monoisotopic (exact) mass is 230 g/mol. The van der Waals surface area contributed by atoms with Crippen LogP contribution in [0.2, 0.25) is 0 Å². The van der Waals surface area contributed by atoms with Crippen LogP contribution < -0.4 is 11.3 Å². The molecule has 0 atom stereocenters. The van der Waals surface area contributed by atoms with Crippen LogP contribution in [0.1, 0.15) is 5.69 Å². The number of rotatable bonds is 6. The molecule has 1 rings (SSSR count). The third-order valence-corrected chi connectivity index (χ3v) is 2.73. The Kier molecular flexibility index (Phi) is 4.89. The van der Waals surface area contributed by atoms with Crippen LogP contribution >= 0.6 is 11.5 Å².